The second kappa shape index (κ2) is 16.6. The predicted octanol–water partition coefficient (Wildman–Crippen LogP) is 8.22. The van der Waals surface area contributed by atoms with Crippen molar-refractivity contribution in [1.82, 2.24) is 9.55 Å². The van der Waals surface area contributed by atoms with Gasteiger partial charge in [0, 0.05) is 6.20 Å². The molecule has 1 aliphatic rings. The Hall–Kier alpha value is -4.90. The van der Waals surface area contributed by atoms with Gasteiger partial charge in [-0.2, -0.15) is 0 Å². The number of fused-ring (bicyclic) bond motifs is 1. The molecule has 0 saturated carbocycles. The molecule has 2 heterocycles. The van der Waals surface area contributed by atoms with E-state index in [4.69, 9.17) is 23.9 Å². The molecule has 0 N–H and O–H groups in total. The second-order valence-electron chi connectivity index (χ2n) is 13.0. The van der Waals surface area contributed by atoms with Gasteiger partial charge in [-0.05, 0) is 41.3 Å². The molecule has 6 aromatic rings. The third-order valence-corrected chi connectivity index (χ3v) is 10.8. The van der Waals surface area contributed by atoms with Crippen molar-refractivity contribution in [2.24, 2.45) is 0 Å². The van der Waals surface area contributed by atoms with E-state index in [1.54, 1.807) is 30.5 Å². The van der Waals surface area contributed by atoms with Crippen LogP contribution in [0.25, 0.3) is 0 Å². The summed E-state index contributed by atoms with van der Waals surface area (Å²) < 4.78 is 56.9. The number of ether oxygens (including phenoxy) is 4. The van der Waals surface area contributed by atoms with Gasteiger partial charge >= 0.3 is 0 Å². The fourth-order valence-corrected chi connectivity index (χ4v) is 7.62. The smallest absolute Gasteiger partial charge is 0.225 e. The van der Waals surface area contributed by atoms with E-state index in [0.29, 0.717) is 19.0 Å². The van der Waals surface area contributed by atoms with E-state index in [0.717, 1.165) is 27.8 Å². The molecule has 0 spiro atoms. The van der Waals surface area contributed by atoms with Crippen LogP contribution in [0.15, 0.2) is 162 Å². The van der Waals surface area contributed by atoms with Crippen LogP contribution in [0.3, 0.4) is 0 Å². The summed E-state index contributed by atoms with van der Waals surface area (Å²) in [6, 6.07) is 46.0. The average molecular weight is 715 g/mol. The van der Waals surface area contributed by atoms with Crippen LogP contribution in [0.4, 0.5) is 0 Å². The summed E-state index contributed by atoms with van der Waals surface area (Å²) in [6.07, 6.45) is -0.469. The number of aryl methyl sites for hydroxylation is 1. The average Bonchev–Trinajstić information content (AvgIpc) is 3.64. The normalized spacial score (nSPS) is 18.6. The van der Waals surface area contributed by atoms with Gasteiger partial charge in [0.15, 0.2) is 5.03 Å². The van der Waals surface area contributed by atoms with Crippen LogP contribution in [0, 0.1) is 6.92 Å². The lowest BCUT2D eigenvalue weighted by atomic mass is 9.95. The molecule has 1 aliphatic heterocycles. The van der Waals surface area contributed by atoms with Gasteiger partial charge in [-0.3, -0.25) is 0 Å². The van der Waals surface area contributed by atoms with Gasteiger partial charge in [0.1, 0.15) is 24.1 Å². The van der Waals surface area contributed by atoms with Gasteiger partial charge in [0.05, 0.1) is 44.0 Å². The van der Waals surface area contributed by atoms with Crippen molar-refractivity contribution in [1.29, 1.82) is 0 Å². The fourth-order valence-electron chi connectivity index (χ4n) is 6.42. The summed E-state index contributed by atoms with van der Waals surface area (Å²) >= 11 is 0. The van der Waals surface area contributed by atoms with Crippen LogP contribution < -0.4 is 0 Å². The molecule has 1 aromatic heterocycles. The van der Waals surface area contributed by atoms with E-state index in [9.17, 15) is 8.42 Å². The standard InChI is InChI=1S/C43H42N2O6S/c1-32-22-24-37(25-23-32)52(46,47)39-26-45-38(31-48-27-33-14-6-2-7-15-33)40(49-28-34-16-8-3-9-17-34)41(50-29-35-18-10-4-11-19-35)42(43(45)44-39)51-30-36-20-12-5-13-21-36/h2-26,38,40-42H,27-31H2,1H3/t38-,40-,41+,42-/m1/s1. The minimum absolute atomic E-state index is 0.0711. The molecule has 0 fully saturated rings. The molecule has 0 radical (unpaired) electrons. The van der Waals surface area contributed by atoms with Crippen LogP contribution in [0.1, 0.15) is 45.8 Å². The first-order chi connectivity index (χ1) is 25.5. The lowest BCUT2D eigenvalue weighted by molar-refractivity contribution is -0.188. The van der Waals surface area contributed by atoms with Crippen molar-refractivity contribution in [2.45, 2.75) is 67.6 Å². The minimum atomic E-state index is -3.98. The molecule has 0 aliphatic carbocycles. The van der Waals surface area contributed by atoms with Crippen molar-refractivity contribution in [2.75, 3.05) is 6.61 Å². The Morgan fingerprint density at radius 2 is 1.04 bits per heavy atom. The maximum atomic E-state index is 14.1. The highest BCUT2D eigenvalue weighted by Crippen LogP contribution is 2.41. The van der Waals surface area contributed by atoms with Crippen molar-refractivity contribution < 1.29 is 27.4 Å². The lowest BCUT2D eigenvalue weighted by Crippen LogP contribution is -2.50. The van der Waals surface area contributed by atoms with E-state index in [1.807, 2.05) is 133 Å². The highest BCUT2D eigenvalue weighted by Gasteiger charge is 2.47. The molecule has 0 amide bonds. The first-order valence-electron chi connectivity index (χ1n) is 17.4. The van der Waals surface area contributed by atoms with Crippen LogP contribution in [0.2, 0.25) is 0 Å². The summed E-state index contributed by atoms with van der Waals surface area (Å²) in [4.78, 5) is 5.02. The number of imidazole rings is 1. The molecule has 4 atom stereocenters. The maximum Gasteiger partial charge on any atom is 0.225 e. The van der Waals surface area contributed by atoms with Crippen molar-refractivity contribution in [3.63, 3.8) is 0 Å². The van der Waals surface area contributed by atoms with Crippen LogP contribution >= 0.6 is 0 Å². The Kier molecular flexibility index (Phi) is 11.4. The molecule has 5 aromatic carbocycles. The Morgan fingerprint density at radius 3 is 1.56 bits per heavy atom. The molecule has 0 unspecified atom stereocenters. The Bertz CT molecular complexity index is 2110. The van der Waals surface area contributed by atoms with E-state index in [1.165, 1.54) is 0 Å². The Balaban J connectivity index is 1.32. The molecule has 7 rings (SSSR count). The largest absolute Gasteiger partial charge is 0.375 e. The van der Waals surface area contributed by atoms with Gasteiger partial charge in [-0.1, -0.05) is 139 Å². The molecular weight excluding hydrogens is 673 g/mol. The zero-order chi connectivity index (χ0) is 35.8. The number of hydrogen-bond acceptors (Lipinski definition) is 7. The molecule has 0 saturated heterocycles. The molecule has 8 nitrogen and oxygen atoms in total. The van der Waals surface area contributed by atoms with Crippen LogP contribution in [-0.4, -0.2) is 36.8 Å². The second-order valence-corrected chi connectivity index (χ2v) is 14.9. The van der Waals surface area contributed by atoms with E-state index >= 15 is 0 Å². The lowest BCUT2D eigenvalue weighted by Gasteiger charge is -2.42. The fraction of sp³-hybridized carbons (Fsp3) is 0.233. The highest BCUT2D eigenvalue weighted by atomic mass is 32.2. The van der Waals surface area contributed by atoms with Gasteiger partial charge in [0.25, 0.3) is 0 Å². The van der Waals surface area contributed by atoms with E-state index < -0.39 is 34.2 Å². The number of hydrogen-bond donors (Lipinski definition) is 0. The molecule has 9 heteroatoms. The number of aromatic nitrogens is 2. The number of rotatable bonds is 15. The quantitative estimate of drug-likeness (QED) is 0.106. The van der Waals surface area contributed by atoms with Crippen LogP contribution in [0.5, 0.6) is 0 Å². The SMILES string of the molecule is Cc1ccc(S(=O)(=O)c2cn3c(n2)[C@H](OCc2ccccc2)[C@@H](OCc2ccccc2)[C@H](OCc2ccccc2)[C@H]3COCc2ccccc2)cc1. The maximum absolute atomic E-state index is 14.1. The third-order valence-electron chi connectivity index (χ3n) is 9.20. The Morgan fingerprint density at radius 1 is 0.577 bits per heavy atom. The third kappa shape index (κ3) is 8.41. The zero-order valence-electron chi connectivity index (χ0n) is 29.0. The summed E-state index contributed by atoms with van der Waals surface area (Å²) in [7, 11) is -3.98. The van der Waals surface area contributed by atoms with Crippen molar-refractivity contribution >= 4 is 9.84 Å². The molecule has 52 heavy (non-hydrogen) atoms. The zero-order valence-corrected chi connectivity index (χ0v) is 29.8. The summed E-state index contributed by atoms with van der Waals surface area (Å²) in [5.74, 6) is 0.438. The van der Waals surface area contributed by atoms with E-state index in [2.05, 4.69) is 0 Å². The number of nitrogens with zero attached hydrogens (tertiary/aromatic N) is 2. The number of sulfone groups is 1. The topological polar surface area (TPSA) is 88.9 Å². The summed E-state index contributed by atoms with van der Waals surface area (Å²) in [5.41, 5.74) is 4.93. The van der Waals surface area contributed by atoms with Gasteiger partial charge in [0.2, 0.25) is 9.84 Å². The first-order valence-corrected chi connectivity index (χ1v) is 18.9. The predicted molar refractivity (Wildman–Crippen MR) is 198 cm³/mol. The first kappa shape index (κ1) is 35.5. The van der Waals surface area contributed by atoms with Gasteiger partial charge in [-0.15, -0.1) is 0 Å². The van der Waals surface area contributed by atoms with E-state index in [-0.39, 0.29) is 29.7 Å². The monoisotopic (exact) mass is 714 g/mol. The molecule has 266 valence electrons. The minimum Gasteiger partial charge on any atom is -0.375 e. The summed E-state index contributed by atoms with van der Waals surface area (Å²) in [6.45, 7) is 3.34. The number of benzene rings is 5. The molecule has 0 bridgehead atoms. The summed E-state index contributed by atoms with van der Waals surface area (Å²) in [5, 5.41) is -0.0711. The highest BCUT2D eigenvalue weighted by molar-refractivity contribution is 7.91. The Labute approximate surface area is 305 Å². The van der Waals surface area contributed by atoms with Gasteiger partial charge in [-0.25, -0.2) is 13.4 Å². The van der Waals surface area contributed by atoms with Gasteiger partial charge < -0.3 is 23.5 Å². The van der Waals surface area contributed by atoms with Crippen LogP contribution in [-0.2, 0) is 55.2 Å². The van der Waals surface area contributed by atoms with Crippen molar-refractivity contribution in [3.05, 3.63) is 185 Å². The molecular formula is C43H42N2O6S. The van der Waals surface area contributed by atoms with Crippen molar-refractivity contribution in [3.8, 4) is 0 Å².